The predicted molar refractivity (Wildman–Crippen MR) is 161 cm³/mol. The Bertz CT molecular complexity index is 1560. The summed E-state index contributed by atoms with van der Waals surface area (Å²) < 4.78 is 6.70. The van der Waals surface area contributed by atoms with Gasteiger partial charge in [-0.05, 0) is 66.6 Å². The van der Waals surface area contributed by atoms with Crippen LogP contribution in [-0.4, -0.2) is 24.5 Å². The fraction of sp³-hybridized carbons (Fsp3) is 0.0938. The number of amides is 4. The summed E-state index contributed by atoms with van der Waals surface area (Å²) in [5.41, 5.74) is 2.95. The number of urea groups is 1. The number of carbonyl (C=O) groups excluding carboxylic acids is 3. The lowest BCUT2D eigenvalue weighted by atomic mass is 10.00. The number of ether oxygens (including phenoxy) is 1. The standard InChI is InChI=1S/C32H24BrClN2O4/c1-2-40-29-19-21(18-27(33)25(29)20-22-11-9-10-16-28(22)34)17-26-30(37)35(23-12-5-3-6-13-23)32(39)36(31(26)38)24-14-7-4-8-15-24/h3-19H,2,20H2,1H3. The first kappa shape index (κ1) is 27.4. The number of hydrogen-bond acceptors (Lipinski definition) is 4. The fourth-order valence-electron chi connectivity index (χ4n) is 4.51. The van der Waals surface area contributed by atoms with Gasteiger partial charge in [-0.1, -0.05) is 82.1 Å². The van der Waals surface area contributed by atoms with E-state index in [1.807, 2.05) is 37.3 Å². The molecule has 0 atom stereocenters. The topological polar surface area (TPSA) is 66.9 Å². The average Bonchev–Trinajstić information content (AvgIpc) is 2.95. The summed E-state index contributed by atoms with van der Waals surface area (Å²) in [5.74, 6) is -0.819. The minimum atomic E-state index is -0.740. The molecule has 0 spiro atoms. The van der Waals surface area contributed by atoms with E-state index in [9.17, 15) is 14.4 Å². The van der Waals surface area contributed by atoms with Crippen LogP contribution < -0.4 is 14.5 Å². The summed E-state index contributed by atoms with van der Waals surface area (Å²) in [4.78, 5) is 43.0. The molecule has 40 heavy (non-hydrogen) atoms. The van der Waals surface area contributed by atoms with Crippen LogP contribution in [0.5, 0.6) is 5.75 Å². The first-order valence-corrected chi connectivity index (χ1v) is 13.8. The number of imide groups is 2. The Morgan fingerprint density at radius 1 is 0.800 bits per heavy atom. The first-order valence-electron chi connectivity index (χ1n) is 12.6. The van der Waals surface area contributed by atoms with Gasteiger partial charge in [0.25, 0.3) is 11.8 Å². The number of rotatable bonds is 7. The number of nitrogens with zero attached hydrogens (tertiary/aromatic N) is 2. The van der Waals surface area contributed by atoms with Gasteiger partial charge in [0.1, 0.15) is 11.3 Å². The molecule has 5 rings (SSSR count). The second-order valence-corrected chi connectivity index (χ2v) is 10.2. The number of anilines is 2. The van der Waals surface area contributed by atoms with Gasteiger partial charge in [-0.2, -0.15) is 0 Å². The third-order valence-electron chi connectivity index (χ3n) is 6.39. The molecule has 0 N–H and O–H groups in total. The Morgan fingerprint density at radius 3 is 1.90 bits per heavy atom. The number of barbiturate groups is 1. The Balaban J connectivity index is 1.61. The zero-order chi connectivity index (χ0) is 28.2. The molecule has 0 radical (unpaired) electrons. The highest BCUT2D eigenvalue weighted by atomic mass is 79.9. The summed E-state index contributed by atoms with van der Waals surface area (Å²) >= 11 is 10.1. The molecule has 4 aromatic rings. The van der Waals surface area contributed by atoms with Crippen LogP contribution in [0, 0.1) is 0 Å². The minimum absolute atomic E-state index is 0.152. The number of hydrogen-bond donors (Lipinski definition) is 0. The van der Waals surface area contributed by atoms with Crippen LogP contribution in [0.2, 0.25) is 5.02 Å². The van der Waals surface area contributed by atoms with E-state index in [0.717, 1.165) is 25.4 Å². The molecule has 4 amide bonds. The summed E-state index contributed by atoms with van der Waals surface area (Å²) in [7, 11) is 0. The van der Waals surface area contributed by atoms with Gasteiger partial charge in [-0.3, -0.25) is 9.59 Å². The molecule has 0 aromatic heterocycles. The van der Waals surface area contributed by atoms with Crippen LogP contribution in [0.1, 0.15) is 23.6 Å². The van der Waals surface area contributed by atoms with E-state index in [1.165, 1.54) is 6.08 Å². The fourth-order valence-corrected chi connectivity index (χ4v) is 5.31. The highest BCUT2D eigenvalue weighted by Crippen LogP contribution is 2.35. The van der Waals surface area contributed by atoms with Crippen LogP contribution in [0.15, 0.2) is 107 Å². The molecule has 1 heterocycles. The van der Waals surface area contributed by atoms with Crippen molar-refractivity contribution in [2.75, 3.05) is 16.4 Å². The Hall–Kier alpha value is -4.20. The molecule has 1 aliphatic rings. The number of benzene rings is 4. The Kier molecular flexibility index (Phi) is 8.14. The van der Waals surface area contributed by atoms with Gasteiger partial charge in [0.2, 0.25) is 0 Å². The lowest BCUT2D eigenvalue weighted by Crippen LogP contribution is -2.57. The molecule has 1 aliphatic heterocycles. The second-order valence-electron chi connectivity index (χ2n) is 8.97. The number of carbonyl (C=O) groups is 3. The second kappa shape index (κ2) is 11.9. The molecule has 1 fully saturated rings. The largest absolute Gasteiger partial charge is 0.494 e. The van der Waals surface area contributed by atoms with Crippen molar-refractivity contribution in [2.24, 2.45) is 0 Å². The molecule has 0 unspecified atom stereocenters. The Labute approximate surface area is 245 Å². The minimum Gasteiger partial charge on any atom is -0.494 e. The molecular formula is C32H24BrClN2O4. The number of para-hydroxylation sites is 2. The van der Waals surface area contributed by atoms with Crippen molar-refractivity contribution >= 4 is 62.8 Å². The highest BCUT2D eigenvalue weighted by Gasteiger charge is 2.43. The molecule has 1 saturated heterocycles. The average molecular weight is 616 g/mol. The summed E-state index contributed by atoms with van der Waals surface area (Å²) in [6, 6.07) is 27.5. The van der Waals surface area contributed by atoms with Gasteiger partial charge in [0, 0.05) is 21.5 Å². The predicted octanol–water partition coefficient (Wildman–Crippen LogP) is 7.68. The van der Waals surface area contributed by atoms with E-state index in [-0.39, 0.29) is 5.57 Å². The van der Waals surface area contributed by atoms with Crippen molar-refractivity contribution in [2.45, 2.75) is 13.3 Å². The smallest absolute Gasteiger partial charge is 0.343 e. The molecule has 8 heteroatoms. The maximum absolute atomic E-state index is 13.7. The maximum Gasteiger partial charge on any atom is 0.343 e. The normalized spacial score (nSPS) is 13.6. The van der Waals surface area contributed by atoms with Crippen molar-refractivity contribution in [3.8, 4) is 5.75 Å². The van der Waals surface area contributed by atoms with E-state index in [2.05, 4.69) is 15.9 Å². The van der Waals surface area contributed by atoms with Gasteiger partial charge in [-0.15, -0.1) is 0 Å². The first-order chi connectivity index (χ1) is 19.4. The molecular weight excluding hydrogens is 592 g/mol. The zero-order valence-corrected chi connectivity index (χ0v) is 23.9. The van der Waals surface area contributed by atoms with Crippen LogP contribution in [0.4, 0.5) is 16.2 Å². The number of halogens is 2. The Morgan fingerprint density at radius 2 is 1.35 bits per heavy atom. The molecule has 0 bridgehead atoms. The van der Waals surface area contributed by atoms with Crippen LogP contribution in [0.3, 0.4) is 0 Å². The summed E-state index contributed by atoms with van der Waals surface area (Å²) in [6.07, 6.45) is 2.01. The lowest BCUT2D eigenvalue weighted by molar-refractivity contribution is -0.121. The van der Waals surface area contributed by atoms with Crippen LogP contribution in [-0.2, 0) is 16.0 Å². The van der Waals surface area contributed by atoms with Gasteiger partial charge >= 0.3 is 6.03 Å². The maximum atomic E-state index is 13.7. The third-order valence-corrected chi connectivity index (χ3v) is 7.47. The monoisotopic (exact) mass is 614 g/mol. The van der Waals surface area contributed by atoms with Crippen molar-refractivity contribution in [3.63, 3.8) is 0 Å². The van der Waals surface area contributed by atoms with Crippen molar-refractivity contribution < 1.29 is 19.1 Å². The molecule has 6 nitrogen and oxygen atoms in total. The quantitative estimate of drug-likeness (QED) is 0.158. The van der Waals surface area contributed by atoms with Crippen LogP contribution >= 0.6 is 27.5 Å². The van der Waals surface area contributed by atoms with Crippen LogP contribution in [0.25, 0.3) is 6.08 Å². The van der Waals surface area contributed by atoms with Gasteiger partial charge in [0.15, 0.2) is 0 Å². The SMILES string of the molecule is CCOc1cc(C=C2C(=O)N(c3ccccc3)C(=O)N(c3ccccc3)C2=O)cc(Br)c1Cc1ccccc1Cl. The molecule has 4 aromatic carbocycles. The molecule has 0 aliphatic carbocycles. The zero-order valence-electron chi connectivity index (χ0n) is 21.5. The highest BCUT2D eigenvalue weighted by molar-refractivity contribution is 9.10. The van der Waals surface area contributed by atoms with Crippen molar-refractivity contribution in [1.29, 1.82) is 0 Å². The summed E-state index contributed by atoms with van der Waals surface area (Å²) in [6.45, 7) is 2.30. The third kappa shape index (κ3) is 5.43. The van der Waals surface area contributed by atoms with Gasteiger partial charge in [-0.25, -0.2) is 14.6 Å². The van der Waals surface area contributed by atoms with Gasteiger partial charge in [0.05, 0.1) is 18.0 Å². The van der Waals surface area contributed by atoms with E-state index >= 15 is 0 Å². The summed E-state index contributed by atoms with van der Waals surface area (Å²) in [5, 5.41) is 0.646. The van der Waals surface area contributed by atoms with Crippen molar-refractivity contribution in [1.82, 2.24) is 0 Å². The lowest BCUT2D eigenvalue weighted by Gasteiger charge is -2.34. The van der Waals surface area contributed by atoms with E-state index in [1.54, 1.807) is 66.7 Å². The van der Waals surface area contributed by atoms with E-state index in [4.69, 9.17) is 16.3 Å². The van der Waals surface area contributed by atoms with E-state index < -0.39 is 17.8 Å². The van der Waals surface area contributed by atoms with Crippen molar-refractivity contribution in [3.05, 3.63) is 129 Å². The van der Waals surface area contributed by atoms with E-state index in [0.29, 0.717) is 40.7 Å². The van der Waals surface area contributed by atoms with Gasteiger partial charge < -0.3 is 4.74 Å². The molecule has 0 saturated carbocycles. The molecule has 200 valence electrons.